The van der Waals surface area contributed by atoms with Crippen LogP contribution in [0.25, 0.3) is 0 Å². The van der Waals surface area contributed by atoms with E-state index in [9.17, 15) is 29.1 Å². The average Bonchev–Trinajstić information content (AvgIpc) is 2.92. The number of aromatic nitrogens is 2. The molecule has 0 saturated carbocycles. The van der Waals surface area contributed by atoms with Crippen molar-refractivity contribution in [3.8, 4) is 0 Å². The van der Waals surface area contributed by atoms with Crippen LogP contribution in [0.15, 0.2) is 48.9 Å². The monoisotopic (exact) mass is 554 g/mol. The van der Waals surface area contributed by atoms with Crippen LogP contribution in [0.1, 0.15) is 49.2 Å². The number of nitrogens with zero attached hydrogens (tertiary/aromatic N) is 2. The van der Waals surface area contributed by atoms with Crippen LogP contribution >= 0.6 is 0 Å². The van der Waals surface area contributed by atoms with Crippen LogP contribution in [-0.4, -0.2) is 76.6 Å². The molecule has 3 N–H and O–H groups in total. The summed E-state index contributed by atoms with van der Waals surface area (Å²) in [6.45, 7) is 3.69. The van der Waals surface area contributed by atoms with E-state index in [-0.39, 0.29) is 24.5 Å². The number of hydrogen-bond acceptors (Lipinski definition) is 10. The number of nitrogens with one attached hydrogen (secondary N) is 2. The Kier molecular flexibility index (Phi) is 10.3. The van der Waals surface area contributed by atoms with Crippen LogP contribution in [0.2, 0.25) is 0 Å². The maximum absolute atomic E-state index is 13.6. The van der Waals surface area contributed by atoms with E-state index >= 15 is 0 Å². The Morgan fingerprint density at radius 2 is 1.88 bits per heavy atom. The molecular formula is C26H31BN4O9. The first-order chi connectivity index (χ1) is 19.0. The molecule has 0 radical (unpaired) electrons. The lowest BCUT2D eigenvalue weighted by molar-refractivity contribution is -0.175. The Balaban J connectivity index is 1.88. The van der Waals surface area contributed by atoms with Gasteiger partial charge in [-0.2, -0.15) is 0 Å². The molecule has 1 aromatic carbocycles. The van der Waals surface area contributed by atoms with Crippen molar-refractivity contribution in [2.75, 3.05) is 7.11 Å². The van der Waals surface area contributed by atoms with Gasteiger partial charge in [0, 0.05) is 18.8 Å². The molecular weight excluding hydrogens is 523 g/mol. The van der Waals surface area contributed by atoms with E-state index in [1.807, 2.05) is 19.9 Å². The number of carbonyl (C=O) groups excluding carboxylic acids is 4. The van der Waals surface area contributed by atoms with Crippen LogP contribution in [0.3, 0.4) is 0 Å². The number of esters is 1. The summed E-state index contributed by atoms with van der Waals surface area (Å²) in [5.74, 6) is -5.70. The van der Waals surface area contributed by atoms with E-state index in [0.717, 1.165) is 12.7 Å². The van der Waals surface area contributed by atoms with E-state index < -0.39 is 67.3 Å². The maximum Gasteiger partial charge on any atom is 0.552 e. The summed E-state index contributed by atoms with van der Waals surface area (Å²) < 4.78 is 15.6. The summed E-state index contributed by atoms with van der Waals surface area (Å²) in [5, 5.41) is 15.3. The van der Waals surface area contributed by atoms with Gasteiger partial charge in [0.2, 0.25) is 5.91 Å². The second-order valence-corrected chi connectivity index (χ2v) is 9.76. The Hall–Kier alpha value is -4.33. The highest BCUT2D eigenvalue weighted by Crippen LogP contribution is 2.30. The zero-order valence-electron chi connectivity index (χ0n) is 22.4. The van der Waals surface area contributed by atoms with Crippen molar-refractivity contribution in [1.82, 2.24) is 20.6 Å². The molecule has 0 aliphatic carbocycles. The second-order valence-electron chi connectivity index (χ2n) is 9.76. The molecule has 212 valence electrons. The van der Waals surface area contributed by atoms with Crippen LogP contribution in [0, 0.1) is 5.92 Å². The van der Waals surface area contributed by atoms with Crippen molar-refractivity contribution >= 4 is 36.8 Å². The van der Waals surface area contributed by atoms with Crippen LogP contribution in [0.5, 0.6) is 0 Å². The molecule has 0 spiro atoms. The topological polar surface area (TPSA) is 183 Å². The second kappa shape index (κ2) is 13.6. The third-order valence-electron chi connectivity index (χ3n) is 6.15. The maximum atomic E-state index is 13.6. The number of aliphatic carboxylic acids is 1. The molecule has 1 aliphatic rings. The molecule has 3 atom stereocenters. The number of amides is 2. The largest absolute Gasteiger partial charge is 0.552 e. The number of rotatable bonds is 12. The van der Waals surface area contributed by atoms with Gasteiger partial charge in [0.1, 0.15) is 11.7 Å². The van der Waals surface area contributed by atoms with Gasteiger partial charge < -0.3 is 29.8 Å². The molecule has 2 heterocycles. The van der Waals surface area contributed by atoms with Crippen LogP contribution in [0.4, 0.5) is 0 Å². The Morgan fingerprint density at radius 1 is 1.15 bits per heavy atom. The number of carboxylic acids is 1. The van der Waals surface area contributed by atoms with Gasteiger partial charge in [0.05, 0.1) is 32.1 Å². The fourth-order valence-corrected chi connectivity index (χ4v) is 4.20. The molecule has 1 aromatic heterocycles. The Labute approximate surface area is 231 Å². The van der Waals surface area contributed by atoms with E-state index in [1.54, 1.807) is 24.3 Å². The van der Waals surface area contributed by atoms with Crippen molar-refractivity contribution in [3.63, 3.8) is 0 Å². The molecule has 2 unspecified atom stereocenters. The van der Waals surface area contributed by atoms with Gasteiger partial charge >= 0.3 is 19.1 Å². The standard InChI is InChI=1S/C26H31BN4O9/c1-16(2)11-20(27-39-22(33)14-26(40-27,25(36)37)13-21(32)38-3)31-23(34)18(12-17-7-5-4-6-8-17)30-24(35)19-15-28-9-10-29-19/h4-10,15-16,18,20H,11-14H2,1-3H3,(H,30,35)(H,31,34)(H,36,37)/t18?,20?,26-/m0/s1. The molecule has 1 saturated heterocycles. The van der Waals surface area contributed by atoms with Crippen molar-refractivity contribution in [1.29, 1.82) is 0 Å². The predicted molar refractivity (Wildman–Crippen MR) is 139 cm³/mol. The lowest BCUT2D eigenvalue weighted by Crippen LogP contribution is -2.63. The normalized spacial score (nSPS) is 18.3. The number of hydrogen-bond donors (Lipinski definition) is 3. The molecule has 1 fully saturated rings. The first-order valence-electron chi connectivity index (χ1n) is 12.6. The zero-order valence-corrected chi connectivity index (χ0v) is 22.4. The summed E-state index contributed by atoms with van der Waals surface area (Å²) in [4.78, 5) is 71.0. The third-order valence-corrected chi connectivity index (χ3v) is 6.15. The first kappa shape index (κ1) is 30.2. The van der Waals surface area contributed by atoms with Crippen LogP contribution in [-0.2, 0) is 39.6 Å². The van der Waals surface area contributed by atoms with Crippen molar-refractivity contribution in [3.05, 3.63) is 60.2 Å². The van der Waals surface area contributed by atoms with Gasteiger partial charge in [-0.3, -0.25) is 24.2 Å². The highest BCUT2D eigenvalue weighted by Gasteiger charge is 2.55. The summed E-state index contributed by atoms with van der Waals surface area (Å²) in [7, 11) is -0.443. The van der Waals surface area contributed by atoms with Gasteiger partial charge in [-0.05, 0) is 17.9 Å². The Morgan fingerprint density at radius 3 is 2.48 bits per heavy atom. The minimum Gasteiger partial charge on any atom is -0.508 e. The fraction of sp³-hybridized carbons (Fsp3) is 0.423. The minimum absolute atomic E-state index is 0.00527. The van der Waals surface area contributed by atoms with Crippen molar-refractivity contribution < 1.29 is 43.1 Å². The van der Waals surface area contributed by atoms with E-state index in [0.29, 0.717) is 0 Å². The van der Waals surface area contributed by atoms with Crippen molar-refractivity contribution in [2.45, 2.75) is 57.1 Å². The molecule has 40 heavy (non-hydrogen) atoms. The highest BCUT2D eigenvalue weighted by molar-refractivity contribution is 6.50. The molecule has 14 heteroatoms. The van der Waals surface area contributed by atoms with E-state index in [1.165, 1.54) is 18.6 Å². The SMILES string of the molecule is COC(=O)C[C@@]1(C(=O)O)CC(=O)OB(C(CC(C)C)NC(=O)C(Cc2ccccc2)NC(=O)c2cnccn2)O1. The molecule has 2 aromatic rings. The third kappa shape index (κ3) is 8.09. The minimum atomic E-state index is -2.24. The quantitative estimate of drug-likeness (QED) is 0.248. The lowest BCUT2D eigenvalue weighted by atomic mass is 9.70. The summed E-state index contributed by atoms with van der Waals surface area (Å²) in [6.07, 6.45) is 2.88. The summed E-state index contributed by atoms with van der Waals surface area (Å²) >= 11 is 0. The lowest BCUT2D eigenvalue weighted by Gasteiger charge is -2.38. The summed E-state index contributed by atoms with van der Waals surface area (Å²) in [6, 6.07) is 7.88. The molecule has 0 bridgehead atoms. The molecule has 3 rings (SSSR count). The zero-order chi connectivity index (χ0) is 29.3. The predicted octanol–water partition coefficient (Wildman–Crippen LogP) is 0.726. The van der Waals surface area contributed by atoms with Gasteiger partial charge in [0.15, 0.2) is 5.60 Å². The number of carboxylic acid groups (broad SMARTS) is 1. The van der Waals surface area contributed by atoms with E-state index in [2.05, 4.69) is 25.3 Å². The number of benzene rings is 1. The smallest absolute Gasteiger partial charge is 0.508 e. The fourth-order valence-electron chi connectivity index (χ4n) is 4.20. The van der Waals surface area contributed by atoms with Crippen LogP contribution < -0.4 is 10.6 Å². The number of carbonyl (C=O) groups is 5. The Bertz CT molecular complexity index is 1220. The highest BCUT2D eigenvalue weighted by atomic mass is 16.7. The molecule has 2 amide bonds. The van der Waals surface area contributed by atoms with E-state index in [4.69, 9.17) is 9.31 Å². The van der Waals surface area contributed by atoms with Gasteiger partial charge in [-0.25, -0.2) is 9.78 Å². The average molecular weight is 554 g/mol. The van der Waals surface area contributed by atoms with Gasteiger partial charge in [-0.1, -0.05) is 44.2 Å². The first-order valence-corrected chi connectivity index (χ1v) is 12.6. The number of methoxy groups -OCH3 is 1. The van der Waals surface area contributed by atoms with Gasteiger partial charge in [0.25, 0.3) is 11.9 Å². The number of ether oxygens (including phenoxy) is 1. The van der Waals surface area contributed by atoms with Gasteiger partial charge in [-0.15, -0.1) is 0 Å². The molecule has 13 nitrogen and oxygen atoms in total. The molecule has 1 aliphatic heterocycles. The summed E-state index contributed by atoms with van der Waals surface area (Å²) in [5.41, 5.74) is -1.48. The van der Waals surface area contributed by atoms with Crippen molar-refractivity contribution in [2.24, 2.45) is 5.92 Å².